The van der Waals surface area contributed by atoms with Crippen molar-refractivity contribution in [3.05, 3.63) is 65.9 Å². The van der Waals surface area contributed by atoms with Crippen molar-refractivity contribution in [2.24, 2.45) is 0 Å². The SMILES string of the molecule is C[C@H]1COCCN1c1cc(CS(=O)(=O)c2ccccc2C(F)(F)F)nc(-c2ccc(NC(=O)NC3CCC3)cc2)n1. The van der Waals surface area contributed by atoms with Crippen LogP contribution in [0.1, 0.15) is 37.4 Å². The molecule has 2 aromatic carbocycles. The quantitative estimate of drug-likeness (QED) is 0.397. The van der Waals surface area contributed by atoms with E-state index < -0.39 is 32.2 Å². The Kier molecular flexibility index (Phi) is 8.18. The number of ether oxygens (including phenoxy) is 1. The molecule has 0 bridgehead atoms. The Bertz CT molecular complexity index is 1510. The maximum absolute atomic E-state index is 13.6. The van der Waals surface area contributed by atoms with Gasteiger partial charge in [-0.3, -0.25) is 0 Å². The van der Waals surface area contributed by atoms with Gasteiger partial charge in [0.2, 0.25) is 0 Å². The predicted octanol–water partition coefficient (Wildman–Crippen LogP) is 5.04. The number of benzene rings is 2. The van der Waals surface area contributed by atoms with Crippen molar-refractivity contribution >= 4 is 27.4 Å². The van der Waals surface area contributed by atoms with Crippen LogP contribution in [0.2, 0.25) is 0 Å². The molecule has 13 heteroatoms. The number of alkyl halides is 3. The summed E-state index contributed by atoms with van der Waals surface area (Å²) in [6, 6.07) is 12.2. The number of rotatable bonds is 7. The van der Waals surface area contributed by atoms with E-state index in [1.807, 2.05) is 11.8 Å². The van der Waals surface area contributed by atoms with Crippen LogP contribution in [0, 0.1) is 0 Å². The van der Waals surface area contributed by atoms with E-state index in [0.29, 0.717) is 36.8 Å². The van der Waals surface area contributed by atoms with Gasteiger partial charge in [-0.15, -0.1) is 0 Å². The lowest BCUT2D eigenvalue weighted by Crippen LogP contribution is -2.44. The van der Waals surface area contributed by atoms with E-state index in [2.05, 4.69) is 20.6 Å². The molecular weight excluding hydrogens is 559 g/mol. The standard InChI is InChI=1S/C28H30F3N5O4S/c1-18-16-40-14-13-36(18)25-15-22(17-41(38,39)24-8-3-2-7-23(24)28(29,30)31)32-26(35-25)19-9-11-21(12-10-19)34-27(37)33-20-5-4-6-20/h2-3,7-12,15,18,20H,4-6,13-14,16-17H2,1H3,(H2,33,34,37)/t18-/m0/s1. The molecule has 0 spiro atoms. The van der Waals surface area contributed by atoms with Crippen molar-refractivity contribution < 1.29 is 31.1 Å². The molecule has 1 saturated heterocycles. The number of sulfone groups is 1. The smallest absolute Gasteiger partial charge is 0.377 e. The highest BCUT2D eigenvalue weighted by Crippen LogP contribution is 2.35. The third kappa shape index (κ3) is 6.79. The maximum atomic E-state index is 13.6. The molecule has 5 rings (SSSR count). The average Bonchev–Trinajstić information content (AvgIpc) is 2.90. The van der Waals surface area contributed by atoms with Crippen LogP contribution in [-0.4, -0.2) is 56.3 Å². The highest BCUT2D eigenvalue weighted by Gasteiger charge is 2.37. The molecule has 1 atom stereocenters. The van der Waals surface area contributed by atoms with Gasteiger partial charge < -0.3 is 20.3 Å². The molecule has 218 valence electrons. The summed E-state index contributed by atoms with van der Waals surface area (Å²) in [4.78, 5) is 22.5. The summed E-state index contributed by atoms with van der Waals surface area (Å²) >= 11 is 0. The molecule has 2 aliphatic rings. The number of amides is 2. The Morgan fingerprint density at radius 3 is 2.49 bits per heavy atom. The van der Waals surface area contributed by atoms with Gasteiger partial charge in [0.05, 0.1) is 41.2 Å². The minimum absolute atomic E-state index is 0.0581. The number of nitrogens with one attached hydrogen (secondary N) is 2. The van der Waals surface area contributed by atoms with Crippen molar-refractivity contribution in [1.82, 2.24) is 15.3 Å². The lowest BCUT2D eigenvalue weighted by Gasteiger charge is -2.34. The number of urea groups is 1. The van der Waals surface area contributed by atoms with Crippen molar-refractivity contribution in [1.29, 1.82) is 0 Å². The fourth-order valence-corrected chi connectivity index (χ4v) is 6.25. The molecule has 1 aliphatic heterocycles. The number of aromatic nitrogens is 2. The molecule has 2 fully saturated rings. The predicted molar refractivity (Wildman–Crippen MR) is 147 cm³/mol. The Labute approximate surface area is 236 Å². The summed E-state index contributed by atoms with van der Waals surface area (Å²) < 4.78 is 72.9. The first kappa shape index (κ1) is 28.8. The largest absolute Gasteiger partial charge is 0.417 e. The molecular formula is C28H30F3N5O4S. The van der Waals surface area contributed by atoms with Gasteiger partial charge in [0.1, 0.15) is 5.82 Å². The Hall–Kier alpha value is -3.71. The Morgan fingerprint density at radius 1 is 1.10 bits per heavy atom. The highest BCUT2D eigenvalue weighted by molar-refractivity contribution is 7.90. The van der Waals surface area contributed by atoms with E-state index >= 15 is 0 Å². The van der Waals surface area contributed by atoms with Crippen LogP contribution in [0.4, 0.5) is 29.5 Å². The third-order valence-corrected chi connectivity index (χ3v) is 8.84. The van der Waals surface area contributed by atoms with Crippen molar-refractivity contribution in [2.45, 2.75) is 55.1 Å². The zero-order valence-corrected chi connectivity index (χ0v) is 23.1. The van der Waals surface area contributed by atoms with Gasteiger partial charge in [-0.1, -0.05) is 12.1 Å². The normalized spacial score (nSPS) is 18.0. The van der Waals surface area contributed by atoms with Gasteiger partial charge in [0, 0.05) is 29.9 Å². The van der Waals surface area contributed by atoms with E-state index in [9.17, 15) is 26.4 Å². The van der Waals surface area contributed by atoms with Crippen molar-refractivity contribution in [3.8, 4) is 11.4 Å². The zero-order valence-electron chi connectivity index (χ0n) is 22.3. The van der Waals surface area contributed by atoms with E-state index in [1.54, 1.807) is 24.3 Å². The van der Waals surface area contributed by atoms with Crippen LogP contribution in [-0.2, 0) is 26.5 Å². The summed E-state index contributed by atoms with van der Waals surface area (Å²) in [7, 11) is -4.42. The summed E-state index contributed by atoms with van der Waals surface area (Å²) in [5.41, 5.74) is -0.0642. The molecule has 41 heavy (non-hydrogen) atoms. The molecule has 2 amide bonds. The molecule has 2 N–H and O–H groups in total. The number of halogens is 3. The fourth-order valence-electron chi connectivity index (χ4n) is 4.75. The number of nitrogens with zero attached hydrogens (tertiary/aromatic N) is 3. The van der Waals surface area contributed by atoms with Gasteiger partial charge in [-0.25, -0.2) is 23.2 Å². The summed E-state index contributed by atoms with van der Waals surface area (Å²) in [5.74, 6) is -0.0920. The third-order valence-electron chi connectivity index (χ3n) is 7.13. The molecule has 0 radical (unpaired) electrons. The lowest BCUT2D eigenvalue weighted by molar-refractivity contribution is -0.139. The lowest BCUT2D eigenvalue weighted by atomic mass is 9.93. The number of carbonyl (C=O) groups is 1. The topological polar surface area (TPSA) is 114 Å². The van der Waals surface area contributed by atoms with Crippen LogP contribution in [0.25, 0.3) is 11.4 Å². The zero-order chi connectivity index (χ0) is 29.2. The van der Waals surface area contributed by atoms with Crippen LogP contribution in [0.15, 0.2) is 59.5 Å². The van der Waals surface area contributed by atoms with Gasteiger partial charge in [0.15, 0.2) is 15.7 Å². The van der Waals surface area contributed by atoms with Gasteiger partial charge >= 0.3 is 12.2 Å². The fraction of sp³-hybridized carbons (Fsp3) is 0.393. The van der Waals surface area contributed by atoms with Crippen LogP contribution in [0.3, 0.4) is 0 Å². The first-order valence-electron chi connectivity index (χ1n) is 13.3. The minimum atomic E-state index is -4.83. The van der Waals surface area contributed by atoms with Gasteiger partial charge in [0.25, 0.3) is 0 Å². The second-order valence-corrected chi connectivity index (χ2v) is 12.2. The number of hydrogen-bond acceptors (Lipinski definition) is 7. The summed E-state index contributed by atoms with van der Waals surface area (Å²) in [6.45, 7) is 3.32. The summed E-state index contributed by atoms with van der Waals surface area (Å²) in [6.07, 6.45) is -1.82. The average molecular weight is 590 g/mol. The number of carbonyl (C=O) groups excluding carboxylic acids is 1. The highest BCUT2D eigenvalue weighted by atomic mass is 32.2. The maximum Gasteiger partial charge on any atom is 0.417 e. The van der Waals surface area contributed by atoms with Crippen LogP contribution >= 0.6 is 0 Å². The van der Waals surface area contributed by atoms with E-state index in [0.717, 1.165) is 37.5 Å². The van der Waals surface area contributed by atoms with Crippen molar-refractivity contribution in [3.63, 3.8) is 0 Å². The molecule has 3 aromatic rings. The van der Waals surface area contributed by atoms with Crippen molar-refractivity contribution in [2.75, 3.05) is 30.0 Å². The molecule has 2 heterocycles. The van der Waals surface area contributed by atoms with Crippen LogP contribution in [0.5, 0.6) is 0 Å². The second-order valence-electron chi connectivity index (χ2n) is 10.2. The van der Waals surface area contributed by atoms with E-state index in [4.69, 9.17) is 4.74 Å². The minimum Gasteiger partial charge on any atom is -0.377 e. The first-order valence-corrected chi connectivity index (χ1v) is 14.9. The van der Waals surface area contributed by atoms with Gasteiger partial charge in [-0.05, 0) is 62.6 Å². The van der Waals surface area contributed by atoms with E-state index in [1.165, 1.54) is 12.1 Å². The molecule has 1 aromatic heterocycles. The molecule has 0 unspecified atom stereocenters. The van der Waals surface area contributed by atoms with Crippen LogP contribution < -0.4 is 15.5 Å². The molecule has 1 aliphatic carbocycles. The Morgan fingerprint density at radius 2 is 1.83 bits per heavy atom. The van der Waals surface area contributed by atoms with Gasteiger partial charge in [-0.2, -0.15) is 13.2 Å². The number of morpholine rings is 1. The first-order chi connectivity index (χ1) is 19.5. The Balaban J connectivity index is 1.46. The monoisotopic (exact) mass is 589 g/mol. The van der Waals surface area contributed by atoms with E-state index in [-0.39, 0.29) is 29.6 Å². The molecule has 1 saturated carbocycles. The number of anilines is 2. The number of hydrogen-bond donors (Lipinski definition) is 2. The second kappa shape index (κ2) is 11.6. The summed E-state index contributed by atoms with van der Waals surface area (Å²) in [5, 5.41) is 5.68. The molecule has 9 nitrogen and oxygen atoms in total.